The number of aryl methyl sites for hydroxylation is 1. The molecule has 0 saturated heterocycles. The highest BCUT2D eigenvalue weighted by atomic mass is 127. The third-order valence-electron chi connectivity index (χ3n) is 3.54. The van der Waals surface area contributed by atoms with Crippen molar-refractivity contribution < 1.29 is 4.79 Å². The molecule has 0 saturated carbocycles. The quantitative estimate of drug-likeness (QED) is 0.212. The zero-order valence-corrected chi connectivity index (χ0v) is 18.4. The van der Waals surface area contributed by atoms with Gasteiger partial charge in [-0.15, -0.1) is 24.0 Å². The Hall–Kier alpha value is -1.81. The molecule has 3 N–H and O–H groups in total. The van der Waals surface area contributed by atoms with Crippen LogP contribution in [-0.4, -0.2) is 47.8 Å². The van der Waals surface area contributed by atoms with Gasteiger partial charge in [0.25, 0.3) is 5.91 Å². The molecule has 0 aliphatic carbocycles. The lowest BCUT2D eigenvalue weighted by Gasteiger charge is -2.12. The van der Waals surface area contributed by atoms with Crippen molar-refractivity contribution in [2.24, 2.45) is 4.99 Å². The van der Waals surface area contributed by atoms with Gasteiger partial charge in [0.1, 0.15) is 0 Å². The summed E-state index contributed by atoms with van der Waals surface area (Å²) >= 11 is 6.02. The summed E-state index contributed by atoms with van der Waals surface area (Å²) in [6.07, 6.45) is 4.61. The van der Waals surface area contributed by atoms with Gasteiger partial charge in [-0.25, -0.2) is 0 Å². The molecule has 9 heteroatoms. The van der Waals surface area contributed by atoms with Crippen LogP contribution in [0.4, 0.5) is 0 Å². The second-order valence-corrected chi connectivity index (χ2v) is 5.95. The first-order chi connectivity index (χ1) is 12.7. The first-order valence-electron chi connectivity index (χ1n) is 8.73. The van der Waals surface area contributed by atoms with Gasteiger partial charge < -0.3 is 16.0 Å². The number of carbonyl (C=O) groups excluding carboxylic acids is 1. The predicted molar refractivity (Wildman–Crippen MR) is 120 cm³/mol. The average molecular weight is 505 g/mol. The number of hydrogen-bond acceptors (Lipinski definition) is 3. The van der Waals surface area contributed by atoms with Gasteiger partial charge in [-0.3, -0.25) is 14.5 Å². The van der Waals surface area contributed by atoms with E-state index in [1.807, 2.05) is 23.9 Å². The molecule has 0 aliphatic rings. The number of carbonyl (C=O) groups is 1. The van der Waals surface area contributed by atoms with Gasteiger partial charge in [-0.2, -0.15) is 5.10 Å². The number of amides is 1. The number of rotatable bonds is 9. The third kappa shape index (κ3) is 8.61. The minimum absolute atomic E-state index is 0. The summed E-state index contributed by atoms with van der Waals surface area (Å²) < 4.78 is 1.89. The van der Waals surface area contributed by atoms with Gasteiger partial charge in [0.05, 0.1) is 10.6 Å². The van der Waals surface area contributed by atoms with E-state index in [9.17, 15) is 4.79 Å². The number of aromatic nitrogens is 2. The molecule has 2 rings (SSSR count). The van der Waals surface area contributed by atoms with Crippen molar-refractivity contribution in [3.8, 4) is 0 Å². The number of guanidine groups is 1. The van der Waals surface area contributed by atoms with Crippen LogP contribution in [0.2, 0.25) is 5.02 Å². The highest BCUT2D eigenvalue weighted by Crippen LogP contribution is 2.14. The minimum atomic E-state index is -0.182. The van der Waals surface area contributed by atoms with E-state index in [1.165, 1.54) is 0 Å². The van der Waals surface area contributed by atoms with Crippen LogP contribution < -0.4 is 16.0 Å². The highest BCUT2D eigenvalue weighted by Gasteiger charge is 2.08. The Labute approximate surface area is 182 Å². The Kier molecular flexibility index (Phi) is 11.5. The summed E-state index contributed by atoms with van der Waals surface area (Å²) in [4.78, 5) is 16.6. The zero-order chi connectivity index (χ0) is 18.6. The fourth-order valence-electron chi connectivity index (χ4n) is 2.30. The van der Waals surface area contributed by atoms with Gasteiger partial charge in [0.15, 0.2) is 5.96 Å². The van der Waals surface area contributed by atoms with E-state index in [0.29, 0.717) is 30.2 Å². The highest BCUT2D eigenvalue weighted by molar-refractivity contribution is 14.0. The van der Waals surface area contributed by atoms with Gasteiger partial charge in [-0.1, -0.05) is 23.7 Å². The Morgan fingerprint density at radius 2 is 1.96 bits per heavy atom. The molecule has 27 heavy (non-hydrogen) atoms. The molecule has 2 aromatic rings. The second kappa shape index (κ2) is 13.4. The largest absolute Gasteiger partial charge is 0.357 e. The fourth-order valence-corrected chi connectivity index (χ4v) is 2.52. The monoisotopic (exact) mass is 504 g/mol. The van der Waals surface area contributed by atoms with E-state index >= 15 is 0 Å². The van der Waals surface area contributed by atoms with Gasteiger partial charge in [0, 0.05) is 45.1 Å². The number of nitrogens with one attached hydrogen (secondary N) is 3. The van der Waals surface area contributed by atoms with E-state index in [-0.39, 0.29) is 29.9 Å². The van der Waals surface area contributed by atoms with Crippen LogP contribution in [0.1, 0.15) is 23.7 Å². The number of nitrogens with zero attached hydrogens (tertiary/aromatic N) is 3. The maximum absolute atomic E-state index is 12.1. The number of hydrogen-bond donors (Lipinski definition) is 3. The lowest BCUT2D eigenvalue weighted by atomic mass is 10.2. The molecule has 0 atom stereocenters. The standard InChI is InChI=1S/C18H25ClN6O.HI/c1-2-20-18(22-9-5-13-25-14-6-10-24-25)23-12-11-21-17(26)15-7-3-4-8-16(15)19;/h3-4,6-8,10,14H,2,5,9,11-13H2,1H3,(H,21,26)(H2,20,22,23);1H. The molecule has 0 radical (unpaired) electrons. The van der Waals surface area contributed by atoms with Gasteiger partial charge in [-0.05, 0) is 31.5 Å². The van der Waals surface area contributed by atoms with Crippen LogP contribution in [0.5, 0.6) is 0 Å². The molecule has 0 bridgehead atoms. The van der Waals surface area contributed by atoms with Crippen LogP contribution in [0, 0.1) is 0 Å². The Morgan fingerprint density at radius 3 is 2.67 bits per heavy atom. The molecule has 0 fully saturated rings. The lowest BCUT2D eigenvalue weighted by molar-refractivity contribution is 0.0954. The molecule has 0 spiro atoms. The molecule has 148 valence electrons. The summed E-state index contributed by atoms with van der Waals surface area (Å²) in [5.41, 5.74) is 0.480. The smallest absolute Gasteiger partial charge is 0.252 e. The molecule has 1 aromatic carbocycles. The summed E-state index contributed by atoms with van der Waals surface area (Å²) in [7, 11) is 0. The van der Waals surface area contributed by atoms with E-state index in [1.54, 1.807) is 30.5 Å². The lowest BCUT2D eigenvalue weighted by Crippen LogP contribution is -2.41. The number of aliphatic imine (C=N–C) groups is 1. The molecular formula is C18H26ClIN6O. The summed E-state index contributed by atoms with van der Waals surface area (Å²) in [5.74, 6) is 0.554. The van der Waals surface area contributed by atoms with Crippen molar-refractivity contribution in [2.45, 2.75) is 19.9 Å². The molecule has 0 aliphatic heterocycles. The minimum Gasteiger partial charge on any atom is -0.357 e. The van der Waals surface area contributed by atoms with Gasteiger partial charge >= 0.3 is 0 Å². The maximum Gasteiger partial charge on any atom is 0.252 e. The first kappa shape index (κ1) is 23.2. The summed E-state index contributed by atoms with van der Waals surface area (Å²) in [6.45, 7) is 5.37. The Bertz CT molecular complexity index is 708. The summed E-state index contributed by atoms with van der Waals surface area (Å²) in [6, 6.07) is 8.90. The van der Waals surface area contributed by atoms with Crippen molar-refractivity contribution in [2.75, 3.05) is 26.2 Å². The second-order valence-electron chi connectivity index (χ2n) is 5.55. The van der Waals surface area contributed by atoms with Crippen LogP contribution in [-0.2, 0) is 6.54 Å². The van der Waals surface area contributed by atoms with E-state index in [2.05, 4.69) is 26.0 Å². The molecule has 1 amide bonds. The normalized spacial score (nSPS) is 10.8. The first-order valence-corrected chi connectivity index (χ1v) is 9.11. The zero-order valence-electron chi connectivity index (χ0n) is 15.3. The van der Waals surface area contributed by atoms with Crippen molar-refractivity contribution >= 4 is 47.4 Å². The van der Waals surface area contributed by atoms with E-state index < -0.39 is 0 Å². The van der Waals surface area contributed by atoms with E-state index in [4.69, 9.17) is 11.6 Å². The molecular weight excluding hydrogens is 479 g/mol. The van der Waals surface area contributed by atoms with Crippen LogP contribution in [0.25, 0.3) is 0 Å². The molecule has 0 unspecified atom stereocenters. The molecule has 7 nitrogen and oxygen atoms in total. The Morgan fingerprint density at radius 1 is 1.19 bits per heavy atom. The Balaban J connectivity index is 0.00000364. The van der Waals surface area contributed by atoms with Crippen LogP contribution >= 0.6 is 35.6 Å². The summed E-state index contributed by atoms with van der Waals surface area (Å²) in [5, 5.41) is 13.8. The van der Waals surface area contributed by atoms with Crippen molar-refractivity contribution in [1.82, 2.24) is 25.7 Å². The predicted octanol–water partition coefficient (Wildman–Crippen LogP) is 2.53. The average Bonchev–Trinajstić information content (AvgIpc) is 3.16. The molecule has 1 heterocycles. The van der Waals surface area contributed by atoms with Crippen molar-refractivity contribution in [3.05, 3.63) is 53.3 Å². The SMILES string of the molecule is CCNC(=NCCCn1cccn1)NCCNC(=O)c1ccccc1Cl.I. The van der Waals surface area contributed by atoms with E-state index in [0.717, 1.165) is 25.5 Å². The number of halogens is 2. The van der Waals surface area contributed by atoms with Crippen molar-refractivity contribution in [1.29, 1.82) is 0 Å². The topological polar surface area (TPSA) is 83.3 Å². The number of benzene rings is 1. The van der Waals surface area contributed by atoms with Crippen LogP contribution in [0.15, 0.2) is 47.7 Å². The van der Waals surface area contributed by atoms with Crippen LogP contribution in [0.3, 0.4) is 0 Å². The van der Waals surface area contributed by atoms with Gasteiger partial charge in [0.2, 0.25) is 0 Å². The maximum atomic E-state index is 12.1. The molecule has 1 aromatic heterocycles. The third-order valence-corrected chi connectivity index (χ3v) is 3.87. The van der Waals surface area contributed by atoms with Crippen molar-refractivity contribution in [3.63, 3.8) is 0 Å². The fraction of sp³-hybridized carbons (Fsp3) is 0.389.